The van der Waals surface area contributed by atoms with Crippen molar-refractivity contribution in [2.45, 2.75) is 26.9 Å². The third-order valence-electron chi connectivity index (χ3n) is 1.52. The Balaban J connectivity index is 0. The van der Waals surface area contributed by atoms with Gasteiger partial charge in [0.2, 0.25) is 0 Å². The van der Waals surface area contributed by atoms with Crippen molar-refractivity contribution in [3.63, 3.8) is 0 Å². The van der Waals surface area contributed by atoms with Crippen LogP contribution in [0.2, 0.25) is 0 Å². The van der Waals surface area contributed by atoms with E-state index in [4.69, 9.17) is 0 Å². The van der Waals surface area contributed by atoms with Crippen LogP contribution in [0.3, 0.4) is 0 Å². The summed E-state index contributed by atoms with van der Waals surface area (Å²) in [6.07, 6.45) is -2.37. The molecule has 16 heavy (non-hydrogen) atoms. The largest absolute Gasteiger partial charge is 0.433 e. The molecule has 0 atom stereocenters. The van der Waals surface area contributed by atoms with Crippen LogP contribution in [-0.2, 0) is 17.3 Å². The number of pyridine rings is 1. The smallest absolute Gasteiger partial charge is 0.388 e. The average Bonchev–Trinajstić information content (AvgIpc) is 2.18. The second-order valence-corrected chi connectivity index (χ2v) is 2.81. The number of alkyl halides is 3. The van der Waals surface area contributed by atoms with Crippen LogP contribution in [0.25, 0.3) is 0 Å². The Labute approximate surface area is 94.5 Å². The molecule has 1 aromatic heterocycles. The minimum Gasteiger partial charge on any atom is -0.388 e. The van der Waals surface area contributed by atoms with Crippen molar-refractivity contribution in [3.05, 3.63) is 29.6 Å². The van der Waals surface area contributed by atoms with E-state index in [1.807, 2.05) is 6.92 Å². The molecule has 0 fully saturated rings. The molecule has 0 radical (unpaired) electrons. The molecule has 1 rings (SSSR count). The molecule has 0 aliphatic carbocycles. The first-order valence-electron chi connectivity index (χ1n) is 4.38. The van der Waals surface area contributed by atoms with Crippen LogP contribution >= 0.6 is 0 Å². The molecule has 1 heterocycles. The quantitative estimate of drug-likeness (QED) is 0.745. The van der Waals surface area contributed by atoms with Crippen LogP contribution in [0.5, 0.6) is 0 Å². The highest BCUT2D eigenvalue weighted by Gasteiger charge is 2.31. The summed E-state index contributed by atoms with van der Waals surface area (Å²) in [7, 11) is 3.25. The summed E-state index contributed by atoms with van der Waals surface area (Å²) in [5.41, 5.74) is -0.0253. The van der Waals surface area contributed by atoms with Crippen LogP contribution in [0, 0.1) is 0 Å². The topological polar surface area (TPSA) is 22.1 Å². The molecule has 0 unspecified atom stereocenters. The van der Waals surface area contributed by atoms with Crippen molar-refractivity contribution in [1.82, 2.24) is 4.98 Å². The number of hydrogen-bond donors (Lipinski definition) is 0. The van der Waals surface area contributed by atoms with Gasteiger partial charge < -0.3 is 4.74 Å². The Morgan fingerprint density at radius 2 is 1.75 bits per heavy atom. The van der Waals surface area contributed by atoms with E-state index in [9.17, 15) is 13.2 Å². The van der Waals surface area contributed by atoms with Crippen molar-refractivity contribution in [2.24, 2.45) is 0 Å². The van der Waals surface area contributed by atoms with E-state index in [0.29, 0.717) is 6.42 Å². The molecule has 5 heteroatoms. The molecule has 0 spiro atoms. The maximum atomic E-state index is 12.0. The summed E-state index contributed by atoms with van der Waals surface area (Å²) in [4.78, 5) is 3.30. The second kappa shape index (κ2) is 8.10. The van der Waals surface area contributed by atoms with Crippen LogP contribution in [0.1, 0.15) is 25.6 Å². The van der Waals surface area contributed by atoms with Crippen molar-refractivity contribution < 1.29 is 17.9 Å². The van der Waals surface area contributed by atoms with Gasteiger partial charge in [-0.2, -0.15) is 13.2 Å². The molecular formula is C11H18F3NO. The van der Waals surface area contributed by atoms with Gasteiger partial charge in [0.15, 0.2) is 0 Å². The number of aryl methyl sites for hydroxylation is 1. The average molecular weight is 237 g/mol. The van der Waals surface area contributed by atoms with Crippen LogP contribution in [0.15, 0.2) is 18.3 Å². The molecule has 0 aliphatic rings. The summed E-state index contributed by atoms with van der Waals surface area (Å²) >= 11 is 0. The van der Waals surface area contributed by atoms with Crippen LogP contribution < -0.4 is 0 Å². The predicted molar refractivity (Wildman–Crippen MR) is 58.3 cm³/mol. The van der Waals surface area contributed by atoms with Gasteiger partial charge in [0.05, 0.1) is 0 Å². The first kappa shape index (κ1) is 17.3. The Morgan fingerprint density at radius 3 is 2.00 bits per heavy atom. The fourth-order valence-electron chi connectivity index (χ4n) is 0.801. The molecule has 0 saturated heterocycles. The minimum absolute atomic E-state index is 0. The SMILES string of the molecule is C.CCc1ccc(C(F)(F)F)nc1.COC. The maximum absolute atomic E-state index is 12.0. The fraction of sp³-hybridized carbons (Fsp3) is 0.545. The zero-order valence-electron chi connectivity index (χ0n) is 8.93. The van der Waals surface area contributed by atoms with Crippen molar-refractivity contribution >= 4 is 0 Å². The van der Waals surface area contributed by atoms with Gasteiger partial charge in [-0.15, -0.1) is 0 Å². The predicted octanol–water partition coefficient (Wildman–Crippen LogP) is 3.56. The van der Waals surface area contributed by atoms with E-state index in [-0.39, 0.29) is 7.43 Å². The Kier molecular flexibility index (Phi) is 8.76. The van der Waals surface area contributed by atoms with E-state index in [1.54, 1.807) is 14.2 Å². The zero-order valence-corrected chi connectivity index (χ0v) is 8.93. The number of nitrogens with zero attached hydrogens (tertiary/aromatic N) is 1. The van der Waals surface area contributed by atoms with Gasteiger partial charge in [-0.3, -0.25) is 4.98 Å². The Hall–Kier alpha value is -1.10. The minimum atomic E-state index is -4.33. The second-order valence-electron chi connectivity index (χ2n) is 2.81. The van der Waals surface area contributed by atoms with Crippen LogP contribution in [0.4, 0.5) is 13.2 Å². The molecule has 1 aromatic rings. The number of rotatable bonds is 1. The van der Waals surface area contributed by atoms with Gasteiger partial charge in [-0.05, 0) is 18.1 Å². The third-order valence-corrected chi connectivity index (χ3v) is 1.52. The lowest BCUT2D eigenvalue weighted by molar-refractivity contribution is -0.141. The van der Waals surface area contributed by atoms with Crippen molar-refractivity contribution in [3.8, 4) is 0 Å². The summed E-state index contributed by atoms with van der Waals surface area (Å²) in [5, 5.41) is 0. The summed E-state index contributed by atoms with van der Waals surface area (Å²) in [6.45, 7) is 1.87. The molecule has 0 aliphatic heterocycles. The molecule has 0 amide bonds. The fourth-order valence-corrected chi connectivity index (χ4v) is 0.801. The van der Waals surface area contributed by atoms with Gasteiger partial charge >= 0.3 is 6.18 Å². The lowest BCUT2D eigenvalue weighted by Gasteiger charge is -2.04. The zero-order chi connectivity index (χ0) is 11.9. The first-order chi connectivity index (χ1) is 6.95. The normalized spacial score (nSPS) is 9.88. The summed E-state index contributed by atoms with van der Waals surface area (Å²) in [6, 6.07) is 2.44. The molecule has 0 N–H and O–H groups in total. The van der Waals surface area contributed by atoms with Gasteiger partial charge in [-0.1, -0.05) is 20.4 Å². The number of halogens is 3. The first-order valence-corrected chi connectivity index (χ1v) is 4.38. The van der Waals surface area contributed by atoms with E-state index in [2.05, 4.69) is 9.72 Å². The summed E-state index contributed by atoms with van der Waals surface area (Å²) in [5.74, 6) is 0. The standard InChI is InChI=1S/C8H8F3N.C2H6O.CH4/c1-2-6-3-4-7(12-5-6)8(9,10)11;1-3-2;/h3-5H,2H2,1H3;1-2H3;1H4. The Morgan fingerprint density at radius 1 is 1.25 bits per heavy atom. The highest BCUT2D eigenvalue weighted by Crippen LogP contribution is 2.27. The summed E-state index contributed by atoms with van der Waals surface area (Å²) < 4.78 is 40.1. The van der Waals surface area contributed by atoms with Gasteiger partial charge in [-0.25, -0.2) is 0 Å². The molecule has 0 bridgehead atoms. The molecule has 0 aromatic carbocycles. The Bertz CT molecular complexity index is 270. The van der Waals surface area contributed by atoms with Gasteiger partial charge in [0.25, 0.3) is 0 Å². The number of hydrogen-bond acceptors (Lipinski definition) is 2. The van der Waals surface area contributed by atoms with Gasteiger partial charge in [0.1, 0.15) is 5.69 Å². The van der Waals surface area contributed by atoms with Gasteiger partial charge in [0, 0.05) is 20.4 Å². The van der Waals surface area contributed by atoms with Crippen molar-refractivity contribution in [1.29, 1.82) is 0 Å². The highest BCUT2D eigenvalue weighted by atomic mass is 19.4. The molecule has 2 nitrogen and oxygen atoms in total. The van der Waals surface area contributed by atoms with E-state index in [0.717, 1.165) is 11.6 Å². The highest BCUT2D eigenvalue weighted by molar-refractivity contribution is 5.15. The lowest BCUT2D eigenvalue weighted by atomic mass is 10.2. The molecule has 94 valence electrons. The third kappa shape index (κ3) is 6.40. The number of ether oxygens (including phenoxy) is 1. The number of methoxy groups -OCH3 is 1. The van der Waals surface area contributed by atoms with E-state index < -0.39 is 11.9 Å². The van der Waals surface area contributed by atoms with Crippen molar-refractivity contribution in [2.75, 3.05) is 14.2 Å². The lowest BCUT2D eigenvalue weighted by Crippen LogP contribution is -2.07. The molecule has 0 saturated carbocycles. The monoisotopic (exact) mass is 237 g/mol. The number of aromatic nitrogens is 1. The van der Waals surface area contributed by atoms with E-state index in [1.165, 1.54) is 12.3 Å². The van der Waals surface area contributed by atoms with Crippen LogP contribution in [-0.4, -0.2) is 19.2 Å². The maximum Gasteiger partial charge on any atom is 0.433 e. The van der Waals surface area contributed by atoms with E-state index >= 15 is 0 Å². The molecular weight excluding hydrogens is 219 g/mol.